The van der Waals surface area contributed by atoms with E-state index < -0.39 is 0 Å². The molecule has 0 saturated carbocycles. The second-order valence-corrected chi connectivity index (χ2v) is 5.61. The van der Waals surface area contributed by atoms with Crippen LogP contribution in [-0.4, -0.2) is 9.97 Å². The van der Waals surface area contributed by atoms with Crippen LogP contribution in [0.3, 0.4) is 0 Å². The third-order valence-corrected chi connectivity index (χ3v) is 4.33. The lowest BCUT2D eigenvalue weighted by molar-refractivity contribution is 1.41. The number of benzene rings is 2. The van der Waals surface area contributed by atoms with Crippen molar-refractivity contribution in [2.75, 3.05) is 5.73 Å². The van der Waals surface area contributed by atoms with Crippen molar-refractivity contribution >= 4 is 38.1 Å². The van der Waals surface area contributed by atoms with Crippen LogP contribution >= 0.6 is 11.3 Å². The molecule has 0 atom stereocenters. The molecule has 0 aliphatic rings. The van der Waals surface area contributed by atoms with Gasteiger partial charge in [-0.3, -0.25) is 0 Å². The van der Waals surface area contributed by atoms with E-state index in [-0.39, 0.29) is 0 Å². The zero-order valence-electron chi connectivity index (χ0n) is 10.6. The second kappa shape index (κ2) is 4.28. The van der Waals surface area contributed by atoms with Gasteiger partial charge in [0.25, 0.3) is 0 Å². The van der Waals surface area contributed by atoms with Crippen molar-refractivity contribution in [3.63, 3.8) is 0 Å². The van der Waals surface area contributed by atoms with Crippen molar-refractivity contribution in [2.24, 2.45) is 0 Å². The highest BCUT2D eigenvalue weighted by Crippen LogP contribution is 2.34. The molecule has 4 aromatic rings. The SMILES string of the molecule is Nc1cc2ccccc2cc1-c1nc2cccnc2s1. The molecule has 2 N–H and O–H groups in total. The first-order chi connectivity index (χ1) is 9.81. The Morgan fingerprint density at radius 3 is 2.55 bits per heavy atom. The average Bonchev–Trinajstić information content (AvgIpc) is 2.90. The van der Waals surface area contributed by atoms with E-state index in [1.807, 2.05) is 30.3 Å². The molecule has 3 nitrogen and oxygen atoms in total. The van der Waals surface area contributed by atoms with E-state index in [4.69, 9.17) is 5.73 Å². The molecule has 0 amide bonds. The number of anilines is 1. The van der Waals surface area contributed by atoms with Gasteiger partial charge in [-0.05, 0) is 35.0 Å². The molecule has 0 fully saturated rings. The number of hydrogen-bond donors (Lipinski definition) is 1. The molecule has 2 heterocycles. The summed E-state index contributed by atoms with van der Waals surface area (Å²) in [6.45, 7) is 0. The van der Waals surface area contributed by atoms with Crippen molar-refractivity contribution in [3.8, 4) is 10.6 Å². The van der Waals surface area contributed by atoms with Crippen LogP contribution in [0.15, 0.2) is 54.7 Å². The maximum absolute atomic E-state index is 6.19. The van der Waals surface area contributed by atoms with Gasteiger partial charge in [0.1, 0.15) is 15.4 Å². The molecule has 20 heavy (non-hydrogen) atoms. The van der Waals surface area contributed by atoms with Gasteiger partial charge in [0.15, 0.2) is 0 Å². The second-order valence-electron chi connectivity index (χ2n) is 4.63. The molecule has 2 aromatic heterocycles. The summed E-state index contributed by atoms with van der Waals surface area (Å²) in [5.74, 6) is 0. The minimum absolute atomic E-state index is 0.753. The van der Waals surface area contributed by atoms with Crippen molar-refractivity contribution in [3.05, 3.63) is 54.7 Å². The number of aromatic nitrogens is 2. The molecular weight excluding hydrogens is 266 g/mol. The molecule has 2 aromatic carbocycles. The Morgan fingerprint density at radius 2 is 1.75 bits per heavy atom. The summed E-state index contributed by atoms with van der Waals surface area (Å²) in [5, 5.41) is 3.24. The van der Waals surface area contributed by atoms with Gasteiger partial charge in [-0.1, -0.05) is 35.6 Å². The number of nitrogens with two attached hydrogens (primary N) is 1. The smallest absolute Gasteiger partial charge is 0.143 e. The van der Waals surface area contributed by atoms with Crippen LogP contribution in [0.4, 0.5) is 5.69 Å². The van der Waals surface area contributed by atoms with Crippen molar-refractivity contribution in [1.82, 2.24) is 9.97 Å². The molecule has 0 radical (unpaired) electrons. The molecule has 0 saturated heterocycles. The number of rotatable bonds is 1. The number of nitrogens with zero attached hydrogens (tertiary/aromatic N) is 2. The fraction of sp³-hybridized carbons (Fsp3) is 0. The largest absolute Gasteiger partial charge is 0.398 e. The van der Waals surface area contributed by atoms with Crippen LogP contribution in [-0.2, 0) is 0 Å². The highest BCUT2D eigenvalue weighted by atomic mass is 32.1. The fourth-order valence-electron chi connectivity index (χ4n) is 2.33. The highest BCUT2D eigenvalue weighted by molar-refractivity contribution is 7.21. The van der Waals surface area contributed by atoms with Crippen LogP contribution in [0, 0.1) is 0 Å². The minimum atomic E-state index is 0.753. The maximum atomic E-state index is 6.19. The summed E-state index contributed by atoms with van der Waals surface area (Å²) in [6, 6.07) is 16.2. The van der Waals surface area contributed by atoms with Gasteiger partial charge < -0.3 is 5.73 Å². The normalized spacial score (nSPS) is 11.2. The Kier molecular flexibility index (Phi) is 2.44. The topological polar surface area (TPSA) is 51.8 Å². The molecular formula is C16H11N3S. The fourth-order valence-corrected chi connectivity index (χ4v) is 3.27. The first kappa shape index (κ1) is 11.4. The van der Waals surface area contributed by atoms with E-state index in [1.54, 1.807) is 17.5 Å². The number of thiazole rings is 1. The van der Waals surface area contributed by atoms with Gasteiger partial charge in [0, 0.05) is 17.4 Å². The third kappa shape index (κ3) is 1.73. The molecule has 0 unspecified atom stereocenters. The van der Waals surface area contributed by atoms with Crippen molar-refractivity contribution < 1.29 is 0 Å². The lowest BCUT2D eigenvalue weighted by Gasteiger charge is -2.05. The Bertz CT molecular complexity index is 894. The summed E-state index contributed by atoms with van der Waals surface area (Å²) < 4.78 is 0. The van der Waals surface area contributed by atoms with Crippen LogP contribution in [0.25, 0.3) is 31.7 Å². The minimum Gasteiger partial charge on any atom is -0.398 e. The molecule has 4 rings (SSSR count). The van der Waals surface area contributed by atoms with Gasteiger partial charge in [0.2, 0.25) is 0 Å². The predicted molar refractivity (Wildman–Crippen MR) is 84.8 cm³/mol. The Morgan fingerprint density at radius 1 is 0.950 bits per heavy atom. The van der Waals surface area contributed by atoms with Crippen LogP contribution in [0.5, 0.6) is 0 Å². The van der Waals surface area contributed by atoms with Gasteiger partial charge >= 0.3 is 0 Å². The lowest BCUT2D eigenvalue weighted by Crippen LogP contribution is -1.90. The average molecular weight is 277 g/mol. The van der Waals surface area contributed by atoms with E-state index in [1.165, 1.54) is 5.39 Å². The molecule has 0 bridgehead atoms. The van der Waals surface area contributed by atoms with Gasteiger partial charge in [-0.15, -0.1) is 0 Å². The molecule has 0 aliphatic carbocycles. The molecule has 96 valence electrons. The zero-order chi connectivity index (χ0) is 13.5. The summed E-state index contributed by atoms with van der Waals surface area (Å²) in [5.41, 5.74) is 8.83. The standard InChI is InChI=1S/C16H11N3S/c17-13-9-11-5-2-1-4-10(11)8-12(13)15-19-14-6-3-7-18-16(14)20-15/h1-9H,17H2. The van der Waals surface area contributed by atoms with Gasteiger partial charge in [0.05, 0.1) is 0 Å². The van der Waals surface area contributed by atoms with E-state index in [9.17, 15) is 0 Å². The molecule has 4 heteroatoms. The Balaban J connectivity index is 1.98. The van der Waals surface area contributed by atoms with Gasteiger partial charge in [-0.2, -0.15) is 0 Å². The van der Waals surface area contributed by atoms with Gasteiger partial charge in [-0.25, -0.2) is 9.97 Å². The summed E-state index contributed by atoms with van der Waals surface area (Å²) in [7, 11) is 0. The monoisotopic (exact) mass is 277 g/mol. The first-order valence-corrected chi connectivity index (χ1v) is 7.13. The van der Waals surface area contributed by atoms with Crippen molar-refractivity contribution in [2.45, 2.75) is 0 Å². The Hall–Kier alpha value is -2.46. The highest BCUT2D eigenvalue weighted by Gasteiger charge is 2.10. The zero-order valence-corrected chi connectivity index (χ0v) is 11.4. The van der Waals surface area contributed by atoms with Crippen LogP contribution in [0.2, 0.25) is 0 Å². The summed E-state index contributed by atoms with van der Waals surface area (Å²) >= 11 is 1.57. The van der Waals surface area contributed by atoms with Crippen LogP contribution in [0.1, 0.15) is 0 Å². The van der Waals surface area contributed by atoms with E-state index >= 15 is 0 Å². The number of fused-ring (bicyclic) bond motifs is 2. The predicted octanol–water partition coefficient (Wildman–Crippen LogP) is 4.09. The Labute approximate surface area is 119 Å². The van der Waals surface area contributed by atoms with E-state index in [0.29, 0.717) is 0 Å². The third-order valence-electron chi connectivity index (χ3n) is 3.31. The van der Waals surface area contributed by atoms with Crippen LogP contribution < -0.4 is 5.73 Å². The first-order valence-electron chi connectivity index (χ1n) is 6.31. The number of pyridine rings is 1. The summed E-state index contributed by atoms with van der Waals surface area (Å²) in [4.78, 5) is 9.90. The lowest BCUT2D eigenvalue weighted by atomic mass is 10.1. The number of nitrogen functional groups attached to an aromatic ring is 1. The molecule has 0 aliphatic heterocycles. The van der Waals surface area contributed by atoms with E-state index in [2.05, 4.69) is 28.2 Å². The quantitative estimate of drug-likeness (QED) is 0.533. The van der Waals surface area contributed by atoms with E-state index in [0.717, 1.165) is 32.0 Å². The maximum Gasteiger partial charge on any atom is 0.143 e. The van der Waals surface area contributed by atoms with Crippen molar-refractivity contribution in [1.29, 1.82) is 0 Å². The summed E-state index contributed by atoms with van der Waals surface area (Å²) in [6.07, 6.45) is 1.79. The molecule has 0 spiro atoms. The number of hydrogen-bond acceptors (Lipinski definition) is 4.